The van der Waals surface area contributed by atoms with E-state index in [1.165, 1.54) is 13.0 Å². The van der Waals surface area contributed by atoms with Gasteiger partial charge in [-0.1, -0.05) is 12.1 Å². The molecule has 0 aliphatic heterocycles. The molecule has 1 amide bonds. The standard InChI is InChI=1S/C19H17N3O8S2.2Na/c1-10-4-3-5-13(6-10)21-22-18-16(31-30-29-25)8-12-7-14(32(26,27)28)9-15(20-11(2)23)17(12)19(18)24;;/h3-9,24-25H,1-2H3,(H,20,23)(H,26,27,28);;/q;2*+1/p-2. The summed E-state index contributed by atoms with van der Waals surface area (Å²) in [6.07, 6.45) is 0. The predicted octanol–water partition coefficient (Wildman–Crippen LogP) is -2.63. The number of anilines is 1. The molecule has 15 heteroatoms. The van der Waals surface area contributed by atoms with Gasteiger partial charge in [-0.15, -0.1) is 5.11 Å². The zero-order valence-electron chi connectivity index (χ0n) is 18.6. The van der Waals surface area contributed by atoms with Crippen LogP contribution in [0.4, 0.5) is 17.1 Å². The number of amides is 1. The molecule has 3 aromatic carbocycles. The van der Waals surface area contributed by atoms with Crippen molar-refractivity contribution in [2.24, 2.45) is 10.2 Å². The monoisotopic (exact) mass is 523 g/mol. The summed E-state index contributed by atoms with van der Waals surface area (Å²) < 4.78 is 39.0. The number of aryl methyl sites for hydroxylation is 1. The number of hydrogen-bond donors (Lipinski definition) is 2. The van der Waals surface area contributed by atoms with Crippen molar-refractivity contribution >= 4 is 55.9 Å². The summed E-state index contributed by atoms with van der Waals surface area (Å²) >= 11 is 0.384. The number of carbonyl (C=O) groups excluding carboxylic acids is 1. The first kappa shape index (κ1) is 31.0. The van der Waals surface area contributed by atoms with Crippen molar-refractivity contribution in [2.45, 2.75) is 23.6 Å². The van der Waals surface area contributed by atoms with Crippen molar-refractivity contribution in [3.63, 3.8) is 0 Å². The number of aromatic hydroxyl groups is 1. The van der Waals surface area contributed by atoms with E-state index in [2.05, 4.69) is 24.9 Å². The van der Waals surface area contributed by atoms with E-state index in [-0.39, 0.29) is 86.2 Å². The number of nitrogens with zero attached hydrogens (tertiary/aromatic N) is 2. The number of carbonyl (C=O) groups is 1. The third-order valence-corrected chi connectivity index (χ3v) is 5.57. The van der Waals surface area contributed by atoms with E-state index in [9.17, 15) is 28.1 Å². The van der Waals surface area contributed by atoms with Gasteiger partial charge in [-0.3, -0.25) is 9.83 Å². The number of nitrogens with one attached hydrogen (secondary N) is 1. The third kappa shape index (κ3) is 7.71. The van der Waals surface area contributed by atoms with Crippen molar-refractivity contribution < 1.29 is 96.6 Å². The Morgan fingerprint density at radius 3 is 2.44 bits per heavy atom. The SMILES string of the molecule is CC(=O)Nc1cc(S(=O)(=O)[O-])cc2cc(SOO[O-])c(N=Nc3cccc(C)c3)c(O)c12.[Na+].[Na+]. The van der Waals surface area contributed by atoms with Gasteiger partial charge >= 0.3 is 59.1 Å². The van der Waals surface area contributed by atoms with Crippen LogP contribution in [0.25, 0.3) is 10.8 Å². The molecule has 0 radical (unpaired) electrons. The number of phenolic OH excluding ortho intramolecular Hbond substituents is 1. The fraction of sp³-hybridized carbons (Fsp3) is 0.105. The summed E-state index contributed by atoms with van der Waals surface area (Å²) in [6.45, 7) is 3.03. The Hall–Kier alpha value is -1.07. The third-order valence-electron chi connectivity index (χ3n) is 4.14. The van der Waals surface area contributed by atoms with E-state index in [1.807, 2.05) is 13.0 Å². The van der Waals surface area contributed by atoms with Crippen LogP contribution in [-0.2, 0) is 24.3 Å². The molecular formula is C19H15N3Na2O8S2. The number of benzene rings is 3. The summed E-state index contributed by atoms with van der Waals surface area (Å²) in [5.74, 6) is -1.08. The van der Waals surface area contributed by atoms with Crippen LogP contribution < -0.4 is 69.7 Å². The van der Waals surface area contributed by atoms with Gasteiger partial charge in [-0.05, 0) is 48.2 Å². The average molecular weight is 523 g/mol. The summed E-state index contributed by atoms with van der Waals surface area (Å²) in [6, 6.07) is 10.3. The molecule has 3 rings (SSSR count). The van der Waals surface area contributed by atoms with Crippen molar-refractivity contribution in [1.29, 1.82) is 0 Å². The Morgan fingerprint density at radius 2 is 1.85 bits per heavy atom. The normalized spacial score (nSPS) is 11.2. The minimum Gasteiger partial charge on any atom is -0.744 e. The Labute approximate surface area is 243 Å². The van der Waals surface area contributed by atoms with Crippen LogP contribution in [0, 0.1) is 6.92 Å². The van der Waals surface area contributed by atoms with E-state index < -0.39 is 26.7 Å². The first-order valence-electron chi connectivity index (χ1n) is 8.79. The second-order valence-corrected chi connectivity index (χ2v) is 8.66. The second-order valence-electron chi connectivity index (χ2n) is 6.53. The molecule has 0 spiro atoms. The number of azo groups is 1. The number of phenols is 1. The summed E-state index contributed by atoms with van der Waals surface area (Å²) in [5.41, 5.74) is 1.11. The zero-order valence-corrected chi connectivity index (χ0v) is 24.2. The predicted molar refractivity (Wildman–Crippen MR) is 111 cm³/mol. The molecule has 168 valence electrons. The van der Waals surface area contributed by atoms with Gasteiger partial charge in [-0.2, -0.15) is 9.45 Å². The summed E-state index contributed by atoms with van der Waals surface area (Å²) in [7, 11) is -4.89. The summed E-state index contributed by atoms with van der Waals surface area (Å²) in [5, 5.41) is 35.1. The fourth-order valence-corrected chi connectivity index (χ4v) is 3.93. The quantitative estimate of drug-likeness (QED) is 0.0839. The van der Waals surface area contributed by atoms with Gasteiger partial charge in [0.05, 0.1) is 33.2 Å². The molecule has 34 heavy (non-hydrogen) atoms. The maximum atomic E-state index is 11.6. The molecule has 0 aliphatic carbocycles. The molecule has 0 fully saturated rings. The topological polar surface area (TPSA) is 173 Å². The molecule has 0 aromatic heterocycles. The Kier molecular flexibility index (Phi) is 12.1. The molecule has 0 atom stereocenters. The zero-order chi connectivity index (χ0) is 23.5. The van der Waals surface area contributed by atoms with Crippen LogP contribution in [0.1, 0.15) is 12.5 Å². The van der Waals surface area contributed by atoms with Gasteiger partial charge < -0.3 is 20.2 Å². The van der Waals surface area contributed by atoms with E-state index >= 15 is 0 Å². The molecular weight excluding hydrogens is 508 g/mol. The number of fused-ring (bicyclic) bond motifs is 1. The van der Waals surface area contributed by atoms with Gasteiger partial charge in [0.1, 0.15) is 15.8 Å². The Bertz CT molecular complexity index is 1340. The molecule has 3 aromatic rings. The van der Waals surface area contributed by atoms with Gasteiger partial charge in [0.2, 0.25) is 5.91 Å². The molecule has 0 saturated carbocycles. The van der Waals surface area contributed by atoms with E-state index in [0.29, 0.717) is 17.7 Å². The first-order valence-corrected chi connectivity index (χ1v) is 10.9. The Morgan fingerprint density at radius 1 is 1.15 bits per heavy atom. The summed E-state index contributed by atoms with van der Waals surface area (Å²) in [4.78, 5) is 11.0. The number of hydrogen-bond acceptors (Lipinski definition) is 11. The Balaban J connectivity index is 0.00000289. The molecule has 0 bridgehead atoms. The van der Waals surface area contributed by atoms with Crippen molar-refractivity contribution in [2.75, 3.05) is 5.32 Å². The van der Waals surface area contributed by atoms with Gasteiger partial charge in [-0.25, -0.2) is 8.42 Å². The minimum absolute atomic E-state index is 0. The smallest absolute Gasteiger partial charge is 0.744 e. The van der Waals surface area contributed by atoms with Gasteiger partial charge in [0.25, 0.3) is 0 Å². The van der Waals surface area contributed by atoms with Crippen LogP contribution in [0.15, 0.2) is 62.5 Å². The molecule has 11 nitrogen and oxygen atoms in total. The number of rotatable bonds is 7. The maximum Gasteiger partial charge on any atom is 1.00 e. The molecule has 0 unspecified atom stereocenters. The molecule has 0 heterocycles. The van der Waals surface area contributed by atoms with Gasteiger partial charge in [0.15, 0.2) is 5.75 Å². The van der Waals surface area contributed by atoms with E-state index in [0.717, 1.165) is 17.7 Å². The van der Waals surface area contributed by atoms with Crippen LogP contribution in [-0.4, -0.2) is 24.0 Å². The minimum atomic E-state index is -4.89. The average Bonchev–Trinajstić information content (AvgIpc) is 2.70. The first-order chi connectivity index (χ1) is 15.1. The van der Waals surface area contributed by atoms with Crippen LogP contribution >= 0.6 is 12.0 Å². The van der Waals surface area contributed by atoms with Crippen LogP contribution in [0.5, 0.6) is 5.75 Å². The van der Waals surface area contributed by atoms with Crippen molar-refractivity contribution in [3.8, 4) is 5.75 Å². The van der Waals surface area contributed by atoms with Crippen molar-refractivity contribution in [1.82, 2.24) is 0 Å². The second kappa shape index (κ2) is 13.3. The maximum absolute atomic E-state index is 11.6. The van der Waals surface area contributed by atoms with Crippen LogP contribution in [0.3, 0.4) is 0 Å². The molecule has 0 saturated heterocycles. The van der Waals surface area contributed by atoms with Crippen molar-refractivity contribution in [3.05, 3.63) is 48.0 Å². The largest absolute Gasteiger partial charge is 1.00 e. The fourth-order valence-electron chi connectivity index (χ4n) is 2.90. The van der Waals surface area contributed by atoms with Crippen LogP contribution in [0.2, 0.25) is 0 Å². The molecule has 2 N–H and O–H groups in total. The van der Waals surface area contributed by atoms with Gasteiger partial charge in [0, 0.05) is 12.3 Å². The van der Waals surface area contributed by atoms with E-state index in [4.69, 9.17) is 0 Å². The van der Waals surface area contributed by atoms with E-state index in [1.54, 1.807) is 18.2 Å². The molecule has 0 aliphatic rings.